The van der Waals surface area contributed by atoms with E-state index in [1.807, 2.05) is 40.3 Å². The second kappa shape index (κ2) is 16.7. The van der Waals surface area contributed by atoms with Gasteiger partial charge in [-0.3, -0.25) is 0 Å². The molecule has 0 bridgehead atoms. The van der Waals surface area contributed by atoms with E-state index in [-0.39, 0.29) is 13.8 Å². The predicted molar refractivity (Wildman–Crippen MR) is 133 cm³/mol. The fraction of sp³-hybridized carbons (Fsp3) is 0.385. The molecule has 2 aromatic carbocycles. The Kier molecular flexibility index (Phi) is 16.3. The van der Waals surface area contributed by atoms with Crippen molar-refractivity contribution in [2.45, 2.75) is 39.0 Å². The third kappa shape index (κ3) is 23.8. The van der Waals surface area contributed by atoms with E-state index in [1.165, 1.54) is 22.5 Å². The first-order valence-electron chi connectivity index (χ1n) is 10.4. The number of hydrogen-bond acceptors (Lipinski definition) is 2. The highest BCUT2D eigenvalue weighted by Crippen LogP contribution is 2.13. The summed E-state index contributed by atoms with van der Waals surface area (Å²) in [7, 11) is 8.18. The Balaban J connectivity index is 0. The number of anilines is 2. The number of alkyl halides is 6. The highest BCUT2D eigenvalue weighted by atomic mass is 19.4. The molecule has 0 aliphatic heterocycles. The van der Waals surface area contributed by atoms with Crippen LogP contribution in [0.25, 0.3) is 0 Å². The van der Waals surface area contributed by atoms with Crippen molar-refractivity contribution in [3.05, 3.63) is 85.0 Å². The predicted octanol–water partition coefficient (Wildman–Crippen LogP) is 8.10. The van der Waals surface area contributed by atoms with Crippen LogP contribution < -0.4 is 9.80 Å². The standard InChI is InChI=1S/2C11H15N.2C2H3F3/c2*1-4-5-10-6-8-11(9-7-10)12(2)3;2*1-2(3,4)5/h2*4,6-9H,1,5H2,2-3H3;2*1H3. The highest BCUT2D eigenvalue weighted by molar-refractivity contribution is 5.46. The normalized spacial score (nSPS) is 10.2. The van der Waals surface area contributed by atoms with Crippen LogP contribution in [0.3, 0.4) is 0 Å². The number of benzene rings is 2. The highest BCUT2D eigenvalue weighted by Gasteiger charge is 2.16. The summed E-state index contributed by atoms with van der Waals surface area (Å²) < 4.78 is 62.1. The molecule has 0 saturated carbocycles. The fourth-order valence-electron chi connectivity index (χ4n) is 2.19. The number of halogens is 6. The Bertz CT molecular complexity index is 709. The average Bonchev–Trinajstić information content (AvgIpc) is 2.67. The number of hydrogen-bond donors (Lipinski definition) is 0. The maximum absolute atomic E-state index is 10.4. The molecule has 192 valence electrons. The maximum Gasteiger partial charge on any atom is 0.386 e. The summed E-state index contributed by atoms with van der Waals surface area (Å²) in [6.45, 7) is 7.78. The lowest BCUT2D eigenvalue weighted by Crippen LogP contribution is -2.08. The van der Waals surface area contributed by atoms with Gasteiger partial charge in [-0.2, -0.15) is 26.3 Å². The van der Waals surface area contributed by atoms with E-state index in [4.69, 9.17) is 0 Å². The van der Waals surface area contributed by atoms with Crippen LogP contribution in [0.15, 0.2) is 73.8 Å². The second-order valence-electron chi connectivity index (χ2n) is 7.67. The first-order valence-corrected chi connectivity index (χ1v) is 10.4. The van der Waals surface area contributed by atoms with Gasteiger partial charge in [-0.1, -0.05) is 36.4 Å². The molecule has 0 radical (unpaired) electrons. The lowest BCUT2D eigenvalue weighted by atomic mass is 10.1. The Morgan fingerprint density at radius 3 is 0.941 bits per heavy atom. The molecule has 2 aromatic rings. The molecule has 0 saturated heterocycles. The van der Waals surface area contributed by atoms with Crippen LogP contribution in [0, 0.1) is 0 Å². The minimum atomic E-state index is -4.00. The minimum absolute atomic E-state index is 0.188. The summed E-state index contributed by atoms with van der Waals surface area (Å²) >= 11 is 0. The molecule has 2 rings (SSSR count). The zero-order valence-electron chi connectivity index (χ0n) is 20.8. The van der Waals surface area contributed by atoms with E-state index in [9.17, 15) is 26.3 Å². The van der Waals surface area contributed by atoms with Gasteiger partial charge >= 0.3 is 12.4 Å². The monoisotopic (exact) mass is 490 g/mol. The van der Waals surface area contributed by atoms with Crippen molar-refractivity contribution >= 4 is 11.4 Å². The van der Waals surface area contributed by atoms with Crippen LogP contribution >= 0.6 is 0 Å². The van der Waals surface area contributed by atoms with Crippen molar-refractivity contribution in [3.63, 3.8) is 0 Å². The SMILES string of the molecule is C=CCc1ccc(N(C)C)cc1.C=CCc1ccc(N(C)C)cc1.CC(F)(F)F.CC(F)(F)F. The van der Waals surface area contributed by atoms with Gasteiger partial charge in [-0.15, -0.1) is 13.2 Å². The Morgan fingerprint density at radius 1 is 0.588 bits per heavy atom. The number of nitrogens with zero attached hydrogens (tertiary/aromatic N) is 2. The van der Waals surface area contributed by atoms with Crippen molar-refractivity contribution in [1.82, 2.24) is 0 Å². The second-order valence-corrected chi connectivity index (χ2v) is 7.67. The van der Waals surface area contributed by atoms with E-state index in [0.29, 0.717) is 0 Å². The molecular weight excluding hydrogens is 454 g/mol. The van der Waals surface area contributed by atoms with E-state index in [0.717, 1.165) is 12.8 Å². The molecular formula is C26H36F6N2. The molecule has 0 fully saturated rings. The first-order chi connectivity index (χ1) is 15.5. The zero-order chi connectivity index (χ0) is 26.9. The van der Waals surface area contributed by atoms with Crippen molar-refractivity contribution in [2.24, 2.45) is 0 Å². The average molecular weight is 491 g/mol. The molecule has 0 aliphatic rings. The molecule has 0 N–H and O–H groups in total. The smallest absolute Gasteiger partial charge is 0.378 e. The van der Waals surface area contributed by atoms with Gasteiger partial charge in [0.2, 0.25) is 0 Å². The molecule has 0 aromatic heterocycles. The molecule has 34 heavy (non-hydrogen) atoms. The van der Waals surface area contributed by atoms with Crippen molar-refractivity contribution in [1.29, 1.82) is 0 Å². The Morgan fingerprint density at radius 2 is 0.794 bits per heavy atom. The minimum Gasteiger partial charge on any atom is -0.378 e. The van der Waals surface area contributed by atoms with E-state index < -0.39 is 12.4 Å². The zero-order valence-corrected chi connectivity index (χ0v) is 20.8. The van der Waals surface area contributed by atoms with Gasteiger partial charge in [0.15, 0.2) is 0 Å². The van der Waals surface area contributed by atoms with Crippen LogP contribution in [-0.2, 0) is 12.8 Å². The molecule has 0 spiro atoms. The lowest BCUT2D eigenvalue weighted by molar-refractivity contribution is -0.111. The van der Waals surface area contributed by atoms with Crippen LogP contribution in [-0.4, -0.2) is 40.5 Å². The largest absolute Gasteiger partial charge is 0.386 e. The molecule has 8 heteroatoms. The topological polar surface area (TPSA) is 6.48 Å². The van der Waals surface area contributed by atoms with Gasteiger partial charge in [0.25, 0.3) is 0 Å². The van der Waals surface area contributed by atoms with Gasteiger partial charge in [-0.25, -0.2) is 0 Å². The van der Waals surface area contributed by atoms with Gasteiger partial charge in [0, 0.05) is 53.4 Å². The molecule has 0 amide bonds. The van der Waals surface area contributed by atoms with Crippen LogP contribution in [0.1, 0.15) is 25.0 Å². The van der Waals surface area contributed by atoms with E-state index in [1.54, 1.807) is 0 Å². The van der Waals surface area contributed by atoms with E-state index >= 15 is 0 Å². The number of rotatable bonds is 6. The van der Waals surface area contributed by atoms with Gasteiger partial charge < -0.3 is 9.80 Å². The summed E-state index contributed by atoms with van der Waals surface area (Å²) in [6.07, 6.45) is -2.25. The fourth-order valence-corrected chi connectivity index (χ4v) is 2.19. The van der Waals surface area contributed by atoms with Gasteiger partial charge in [-0.05, 0) is 48.2 Å². The maximum atomic E-state index is 10.4. The first kappa shape index (κ1) is 33.3. The van der Waals surface area contributed by atoms with Crippen molar-refractivity contribution < 1.29 is 26.3 Å². The Hall–Kier alpha value is -2.90. The van der Waals surface area contributed by atoms with Crippen molar-refractivity contribution in [3.8, 4) is 0 Å². The van der Waals surface area contributed by atoms with Crippen molar-refractivity contribution in [2.75, 3.05) is 38.0 Å². The molecule has 0 heterocycles. The van der Waals surface area contributed by atoms with Crippen LogP contribution in [0.4, 0.5) is 37.7 Å². The quantitative estimate of drug-likeness (QED) is 0.298. The van der Waals surface area contributed by atoms with Gasteiger partial charge in [0.1, 0.15) is 0 Å². The summed E-state index contributed by atoms with van der Waals surface area (Å²) in [6, 6.07) is 17.0. The van der Waals surface area contributed by atoms with E-state index in [2.05, 4.69) is 71.5 Å². The summed E-state index contributed by atoms with van der Waals surface area (Å²) in [5.41, 5.74) is 5.11. The Labute approximate surface area is 200 Å². The summed E-state index contributed by atoms with van der Waals surface area (Å²) in [5, 5.41) is 0. The summed E-state index contributed by atoms with van der Waals surface area (Å²) in [4.78, 5) is 4.19. The summed E-state index contributed by atoms with van der Waals surface area (Å²) in [5.74, 6) is 0. The molecule has 0 unspecified atom stereocenters. The third-order valence-electron chi connectivity index (χ3n) is 3.67. The molecule has 0 aliphatic carbocycles. The lowest BCUT2D eigenvalue weighted by Gasteiger charge is -2.12. The van der Waals surface area contributed by atoms with Gasteiger partial charge in [0.05, 0.1) is 0 Å². The van der Waals surface area contributed by atoms with Crippen LogP contribution in [0.5, 0.6) is 0 Å². The molecule has 0 atom stereocenters. The molecule has 2 nitrogen and oxygen atoms in total. The third-order valence-corrected chi connectivity index (χ3v) is 3.67. The number of allylic oxidation sites excluding steroid dienone is 2. The van der Waals surface area contributed by atoms with Crippen LogP contribution in [0.2, 0.25) is 0 Å².